The smallest absolute Gasteiger partial charge is 0.328 e. The van der Waals surface area contributed by atoms with E-state index in [1.807, 2.05) is 0 Å². The number of piperazine rings is 1. The second-order valence-electron chi connectivity index (χ2n) is 6.88. The van der Waals surface area contributed by atoms with Crippen molar-refractivity contribution in [3.8, 4) is 0 Å². The molecule has 3 nitrogen and oxygen atoms in total. The molecule has 0 bridgehead atoms. The average molecular weight is 381 g/mol. The van der Waals surface area contributed by atoms with Crippen molar-refractivity contribution < 1.29 is 27.3 Å². The Morgan fingerprint density at radius 3 is 2.44 bits per heavy atom. The minimum Gasteiger partial charge on any atom is -0.328 e. The largest absolute Gasteiger partial charge is 0.416 e. The summed E-state index contributed by atoms with van der Waals surface area (Å²) in [7, 11) is 0. The number of nitrogens with one attached hydrogen (secondary N) is 1. The number of amides is 1. The first kappa shape index (κ1) is 19.4. The van der Waals surface area contributed by atoms with Crippen LogP contribution in [0.4, 0.5) is 17.6 Å². The lowest BCUT2D eigenvalue weighted by atomic mass is 10.1. The maximum Gasteiger partial charge on any atom is 0.416 e. The van der Waals surface area contributed by atoms with Crippen LogP contribution in [0.25, 0.3) is 0 Å². The van der Waals surface area contributed by atoms with Gasteiger partial charge in [-0.2, -0.15) is 13.2 Å². The summed E-state index contributed by atoms with van der Waals surface area (Å²) < 4.78 is 52.1. The number of carbonyl (C=O) groups is 1. The van der Waals surface area contributed by atoms with Gasteiger partial charge >= 0.3 is 6.18 Å². The lowest BCUT2D eigenvalue weighted by molar-refractivity contribution is -0.917. The van der Waals surface area contributed by atoms with Crippen LogP contribution < -0.4 is 4.90 Å². The van der Waals surface area contributed by atoms with E-state index in [0.29, 0.717) is 49.4 Å². The van der Waals surface area contributed by atoms with Crippen molar-refractivity contribution in [1.82, 2.24) is 4.90 Å². The molecule has 1 N–H and O–H groups in total. The van der Waals surface area contributed by atoms with Crippen LogP contribution >= 0.6 is 0 Å². The SMILES string of the molecule is Cc1ccc(C(=O)N2CC[NH+](Cc3cccc(C(F)(F)F)c3)CC2)cc1F. The van der Waals surface area contributed by atoms with Gasteiger partial charge in [0.1, 0.15) is 12.4 Å². The quantitative estimate of drug-likeness (QED) is 0.813. The Balaban J connectivity index is 1.59. The topological polar surface area (TPSA) is 24.8 Å². The Morgan fingerprint density at radius 2 is 1.81 bits per heavy atom. The molecular formula is C20H21F4N2O+. The number of hydrogen-bond acceptors (Lipinski definition) is 1. The zero-order chi connectivity index (χ0) is 19.6. The van der Waals surface area contributed by atoms with Gasteiger partial charge in [-0.1, -0.05) is 18.2 Å². The van der Waals surface area contributed by atoms with Crippen LogP contribution in [0.1, 0.15) is 27.0 Å². The summed E-state index contributed by atoms with van der Waals surface area (Å²) in [6.07, 6.45) is -4.35. The van der Waals surface area contributed by atoms with Gasteiger partial charge < -0.3 is 9.80 Å². The molecule has 1 amide bonds. The molecule has 1 fully saturated rings. The Hall–Kier alpha value is -2.41. The molecule has 0 spiro atoms. The van der Waals surface area contributed by atoms with E-state index < -0.39 is 17.6 Å². The van der Waals surface area contributed by atoms with Crippen molar-refractivity contribution in [1.29, 1.82) is 0 Å². The van der Waals surface area contributed by atoms with E-state index in [1.54, 1.807) is 30.0 Å². The molecule has 0 aromatic heterocycles. The molecule has 144 valence electrons. The fraction of sp³-hybridized carbons (Fsp3) is 0.350. The molecule has 1 aliphatic heterocycles. The highest BCUT2D eigenvalue weighted by Gasteiger charge is 2.31. The first-order chi connectivity index (χ1) is 12.7. The molecular weight excluding hydrogens is 360 g/mol. The van der Waals surface area contributed by atoms with Crippen molar-refractivity contribution in [2.45, 2.75) is 19.6 Å². The number of carbonyl (C=O) groups excluding carboxylic acids is 1. The van der Waals surface area contributed by atoms with E-state index in [1.165, 1.54) is 18.2 Å². The van der Waals surface area contributed by atoms with Crippen LogP contribution in [-0.4, -0.2) is 37.0 Å². The van der Waals surface area contributed by atoms with Gasteiger partial charge in [0.2, 0.25) is 0 Å². The van der Waals surface area contributed by atoms with Crippen LogP contribution in [0.3, 0.4) is 0 Å². The van der Waals surface area contributed by atoms with Crippen LogP contribution in [0, 0.1) is 12.7 Å². The monoisotopic (exact) mass is 381 g/mol. The molecule has 0 unspecified atom stereocenters. The van der Waals surface area contributed by atoms with Gasteiger partial charge in [0.15, 0.2) is 0 Å². The average Bonchev–Trinajstić information content (AvgIpc) is 2.63. The van der Waals surface area contributed by atoms with E-state index in [0.717, 1.165) is 11.0 Å². The lowest BCUT2D eigenvalue weighted by Crippen LogP contribution is -3.13. The van der Waals surface area contributed by atoms with Crippen molar-refractivity contribution in [3.63, 3.8) is 0 Å². The number of benzene rings is 2. The number of halogens is 4. The van der Waals surface area contributed by atoms with Crippen LogP contribution in [0.5, 0.6) is 0 Å². The van der Waals surface area contributed by atoms with Gasteiger partial charge in [-0.25, -0.2) is 4.39 Å². The molecule has 1 aliphatic rings. The summed E-state index contributed by atoms with van der Waals surface area (Å²) in [6, 6.07) is 9.80. The molecule has 3 rings (SSSR count). The summed E-state index contributed by atoms with van der Waals surface area (Å²) in [5, 5.41) is 0. The summed E-state index contributed by atoms with van der Waals surface area (Å²) >= 11 is 0. The van der Waals surface area contributed by atoms with Crippen molar-refractivity contribution in [2.75, 3.05) is 26.2 Å². The van der Waals surface area contributed by atoms with Crippen molar-refractivity contribution >= 4 is 5.91 Å². The summed E-state index contributed by atoms with van der Waals surface area (Å²) in [4.78, 5) is 15.3. The molecule has 2 aromatic rings. The van der Waals surface area contributed by atoms with Crippen LogP contribution in [0.2, 0.25) is 0 Å². The second-order valence-corrected chi connectivity index (χ2v) is 6.88. The van der Waals surface area contributed by atoms with Gasteiger partial charge in [-0.3, -0.25) is 4.79 Å². The Bertz CT molecular complexity index is 827. The Kier molecular flexibility index (Phi) is 5.51. The van der Waals surface area contributed by atoms with Gasteiger partial charge in [-0.05, 0) is 36.8 Å². The third-order valence-electron chi connectivity index (χ3n) is 4.88. The normalized spacial score (nSPS) is 15.8. The number of hydrogen-bond donors (Lipinski definition) is 1. The third-order valence-corrected chi connectivity index (χ3v) is 4.88. The number of quaternary nitrogens is 1. The highest BCUT2D eigenvalue weighted by atomic mass is 19.4. The molecule has 27 heavy (non-hydrogen) atoms. The molecule has 1 heterocycles. The third kappa shape index (κ3) is 4.66. The number of nitrogens with zero attached hydrogens (tertiary/aromatic N) is 1. The molecule has 7 heteroatoms. The van der Waals surface area contributed by atoms with E-state index in [9.17, 15) is 22.4 Å². The van der Waals surface area contributed by atoms with Gasteiger partial charge in [0, 0.05) is 11.1 Å². The summed E-state index contributed by atoms with van der Waals surface area (Å²) in [5.74, 6) is -0.623. The predicted molar refractivity (Wildman–Crippen MR) is 92.9 cm³/mol. The number of aryl methyl sites for hydroxylation is 1. The molecule has 2 aromatic carbocycles. The highest BCUT2D eigenvalue weighted by molar-refractivity contribution is 5.94. The summed E-state index contributed by atoms with van der Waals surface area (Å²) in [5.41, 5.74) is 0.788. The van der Waals surface area contributed by atoms with Gasteiger partial charge in [-0.15, -0.1) is 0 Å². The maximum absolute atomic E-state index is 13.7. The van der Waals surface area contributed by atoms with E-state index in [-0.39, 0.29) is 5.91 Å². The fourth-order valence-corrected chi connectivity index (χ4v) is 3.26. The lowest BCUT2D eigenvalue weighted by Gasteiger charge is -2.32. The molecule has 0 atom stereocenters. The molecule has 0 saturated carbocycles. The van der Waals surface area contributed by atoms with E-state index >= 15 is 0 Å². The minimum absolute atomic E-state index is 0.216. The fourth-order valence-electron chi connectivity index (χ4n) is 3.26. The summed E-state index contributed by atoms with van der Waals surface area (Å²) in [6.45, 7) is 4.36. The zero-order valence-corrected chi connectivity index (χ0v) is 14.9. The standard InChI is InChI=1S/C20H20F4N2O/c1-14-5-6-16(12-18(14)21)19(27)26-9-7-25(8-10-26)13-15-3-2-4-17(11-15)20(22,23)24/h2-6,11-12H,7-10,13H2,1H3/p+1. The molecule has 1 saturated heterocycles. The van der Waals surface area contributed by atoms with E-state index in [2.05, 4.69) is 0 Å². The number of alkyl halides is 3. The predicted octanol–water partition coefficient (Wildman–Crippen LogP) is 2.69. The van der Waals surface area contributed by atoms with Crippen LogP contribution in [-0.2, 0) is 12.7 Å². The second kappa shape index (κ2) is 7.68. The number of rotatable bonds is 3. The minimum atomic E-state index is -4.35. The Labute approximate surface area is 155 Å². The van der Waals surface area contributed by atoms with Crippen molar-refractivity contribution in [3.05, 3.63) is 70.5 Å². The zero-order valence-electron chi connectivity index (χ0n) is 14.9. The molecule has 0 aliphatic carbocycles. The Morgan fingerprint density at radius 1 is 1.11 bits per heavy atom. The van der Waals surface area contributed by atoms with Gasteiger partial charge in [0.05, 0.1) is 31.7 Å². The van der Waals surface area contributed by atoms with E-state index in [4.69, 9.17) is 0 Å². The maximum atomic E-state index is 13.7. The first-order valence-electron chi connectivity index (χ1n) is 8.79. The van der Waals surface area contributed by atoms with Crippen molar-refractivity contribution in [2.24, 2.45) is 0 Å². The van der Waals surface area contributed by atoms with Gasteiger partial charge in [0.25, 0.3) is 5.91 Å². The molecule has 0 radical (unpaired) electrons. The highest BCUT2D eigenvalue weighted by Crippen LogP contribution is 2.29. The first-order valence-corrected chi connectivity index (χ1v) is 8.79. The van der Waals surface area contributed by atoms with Crippen LogP contribution in [0.15, 0.2) is 42.5 Å².